The van der Waals surface area contributed by atoms with Crippen molar-refractivity contribution in [3.8, 4) is 56.4 Å². The number of carbonyl (C=O) groups excluding carboxylic acids is 3. The molecule has 2 amide bonds. The second-order valence-electron chi connectivity index (χ2n) is 14.7. The second kappa shape index (κ2) is 18.6. The molecule has 3 N–H and O–H groups in total. The average Bonchev–Trinajstić information content (AvgIpc) is 3.89. The van der Waals surface area contributed by atoms with Crippen LogP contribution in [0, 0.1) is 25.5 Å². The molecule has 14 heteroatoms. The Morgan fingerprint density at radius 2 is 0.923 bits per heavy atom. The van der Waals surface area contributed by atoms with E-state index < -0.39 is 17.8 Å². The van der Waals surface area contributed by atoms with E-state index in [9.17, 15) is 33.1 Å². The molecule has 0 aliphatic carbocycles. The van der Waals surface area contributed by atoms with E-state index in [0.717, 1.165) is 27.8 Å². The molecule has 65 heavy (non-hydrogen) atoms. The van der Waals surface area contributed by atoms with Crippen LogP contribution in [0.2, 0.25) is 0 Å². The molecule has 0 fully saturated rings. The number of aromatic carboxylic acids is 1. The van der Waals surface area contributed by atoms with E-state index in [2.05, 4.69) is 10.6 Å². The van der Waals surface area contributed by atoms with E-state index in [0.29, 0.717) is 72.6 Å². The maximum atomic E-state index is 13.4. The number of amides is 2. The molecule has 0 aliphatic rings. The first-order chi connectivity index (χ1) is 31.2. The van der Waals surface area contributed by atoms with E-state index in [4.69, 9.17) is 23.0 Å². The number of hydrogen-bond acceptors (Lipinski definition) is 9. The number of hydrogen-bond donors (Lipinski definition) is 3. The molecule has 0 aliphatic heterocycles. The van der Waals surface area contributed by atoms with Gasteiger partial charge in [-0.2, -0.15) is 0 Å². The predicted molar refractivity (Wildman–Crippen MR) is 242 cm³/mol. The summed E-state index contributed by atoms with van der Waals surface area (Å²) in [7, 11) is 7.28. The lowest BCUT2D eigenvalue weighted by molar-refractivity contribution is 0.0595. The Bertz CT molecular complexity index is 3150. The monoisotopic (exact) mass is 880 g/mol. The van der Waals surface area contributed by atoms with Crippen molar-refractivity contribution < 1.29 is 56.1 Å². The average molecular weight is 881 g/mol. The van der Waals surface area contributed by atoms with Crippen LogP contribution in [-0.2, 0) is 4.74 Å². The second-order valence-corrected chi connectivity index (χ2v) is 14.7. The number of benzene rings is 6. The van der Waals surface area contributed by atoms with Crippen molar-refractivity contribution in [2.24, 2.45) is 0 Å². The molecule has 2 aromatic heterocycles. The SMILES string of the molecule is CNC(=O)c1c(-c2ccc(F)cc2)oc2ccc(-c3cc(C(=O)O)c(OC)cc3C)cc12.CNC(=O)c1c(-c2ccc(F)cc2)oc2ccc(-c3cc(C(=O)OC)c(OC)cc3C)cc12. The number of aryl methyl sites for hydroxylation is 2. The highest BCUT2D eigenvalue weighted by Crippen LogP contribution is 2.40. The first-order valence-corrected chi connectivity index (χ1v) is 20.0. The van der Waals surface area contributed by atoms with Gasteiger partial charge in [-0.05, 0) is 144 Å². The standard InChI is InChI=1S/C26H22FNO5.C25H20FNO5/c1-14-11-22(31-3)20(26(30)32-4)13-18(14)16-7-10-21-19(12-16)23(25(29)28-2)24(33-21)15-5-8-17(27)9-6-15;1-13-10-21(31-3)19(25(29)30)12-17(13)15-6-9-20-18(11-15)22(24(28)27-2)23(32-20)14-4-7-16(26)8-5-14/h5-13H,1-4H3,(H,28,29);4-12H,1-3H3,(H,27,28)(H,29,30). The number of carboxylic acid groups (broad SMARTS) is 1. The summed E-state index contributed by atoms with van der Waals surface area (Å²) < 4.78 is 54.2. The summed E-state index contributed by atoms with van der Waals surface area (Å²) in [6.45, 7) is 3.76. The van der Waals surface area contributed by atoms with Gasteiger partial charge in [0, 0.05) is 36.0 Å². The minimum absolute atomic E-state index is 0.0407. The maximum absolute atomic E-state index is 13.4. The smallest absolute Gasteiger partial charge is 0.341 e. The number of methoxy groups -OCH3 is 3. The van der Waals surface area contributed by atoms with Crippen LogP contribution >= 0.6 is 0 Å². The van der Waals surface area contributed by atoms with Crippen LogP contribution in [-0.4, -0.2) is 64.3 Å². The molecule has 0 radical (unpaired) electrons. The van der Waals surface area contributed by atoms with Crippen molar-refractivity contribution in [1.82, 2.24) is 10.6 Å². The summed E-state index contributed by atoms with van der Waals surface area (Å²) in [5.74, 6) is -1.70. The van der Waals surface area contributed by atoms with Crippen LogP contribution in [0.25, 0.3) is 66.8 Å². The fraction of sp³-hybridized carbons (Fsp3) is 0.137. The number of halogens is 2. The summed E-state index contributed by atoms with van der Waals surface area (Å²) in [6, 6.07) is 28.9. The molecule has 6 aromatic carbocycles. The number of nitrogens with one attached hydrogen (secondary N) is 2. The third-order valence-electron chi connectivity index (χ3n) is 10.8. The Labute approximate surface area is 371 Å². The molecule has 0 spiro atoms. The summed E-state index contributed by atoms with van der Waals surface area (Å²) in [5.41, 5.74) is 7.82. The molecule has 0 saturated carbocycles. The summed E-state index contributed by atoms with van der Waals surface area (Å²) in [6.07, 6.45) is 0. The van der Waals surface area contributed by atoms with Gasteiger partial charge in [0.25, 0.3) is 11.8 Å². The van der Waals surface area contributed by atoms with Gasteiger partial charge in [-0.25, -0.2) is 18.4 Å². The van der Waals surface area contributed by atoms with Crippen molar-refractivity contribution in [3.05, 3.63) is 154 Å². The summed E-state index contributed by atoms with van der Waals surface area (Å²) >= 11 is 0. The molecule has 8 rings (SSSR count). The van der Waals surface area contributed by atoms with Gasteiger partial charge in [0.05, 0.1) is 32.5 Å². The highest BCUT2D eigenvalue weighted by molar-refractivity contribution is 6.13. The highest BCUT2D eigenvalue weighted by Gasteiger charge is 2.25. The van der Waals surface area contributed by atoms with Gasteiger partial charge >= 0.3 is 11.9 Å². The Morgan fingerprint density at radius 1 is 0.538 bits per heavy atom. The van der Waals surface area contributed by atoms with Crippen LogP contribution in [0.1, 0.15) is 52.6 Å². The first kappa shape index (κ1) is 44.8. The fourth-order valence-electron chi connectivity index (χ4n) is 7.60. The number of ether oxygens (including phenoxy) is 3. The van der Waals surface area contributed by atoms with Gasteiger partial charge in [0.2, 0.25) is 0 Å². The van der Waals surface area contributed by atoms with Crippen molar-refractivity contribution in [2.75, 3.05) is 35.4 Å². The molecule has 2 heterocycles. The molecule has 0 saturated heterocycles. The topological polar surface area (TPSA) is 167 Å². The predicted octanol–water partition coefficient (Wildman–Crippen LogP) is 10.6. The van der Waals surface area contributed by atoms with Gasteiger partial charge in [-0.1, -0.05) is 12.1 Å². The van der Waals surface area contributed by atoms with E-state index >= 15 is 0 Å². The number of rotatable bonds is 10. The third-order valence-corrected chi connectivity index (χ3v) is 10.8. The maximum Gasteiger partial charge on any atom is 0.341 e. The van der Waals surface area contributed by atoms with E-state index in [1.54, 1.807) is 72.8 Å². The van der Waals surface area contributed by atoms with Crippen molar-refractivity contribution in [1.29, 1.82) is 0 Å². The van der Waals surface area contributed by atoms with Gasteiger partial charge < -0.3 is 38.8 Å². The summed E-state index contributed by atoms with van der Waals surface area (Å²) in [4.78, 5) is 49.5. The van der Waals surface area contributed by atoms with Crippen LogP contribution < -0.4 is 20.1 Å². The minimum Gasteiger partial charge on any atom is -0.496 e. The fourth-order valence-corrected chi connectivity index (χ4v) is 7.60. The van der Waals surface area contributed by atoms with Crippen LogP contribution in [0.15, 0.2) is 118 Å². The molecular weight excluding hydrogens is 839 g/mol. The quantitative estimate of drug-likeness (QED) is 0.113. The van der Waals surface area contributed by atoms with Crippen LogP contribution in [0.5, 0.6) is 11.5 Å². The molecule has 8 aromatic rings. The van der Waals surface area contributed by atoms with Crippen molar-refractivity contribution in [2.45, 2.75) is 13.8 Å². The molecule has 0 bridgehead atoms. The van der Waals surface area contributed by atoms with E-state index in [1.165, 1.54) is 59.7 Å². The molecular formula is C51H42F2N2O10. The van der Waals surface area contributed by atoms with E-state index in [1.807, 2.05) is 26.0 Å². The summed E-state index contributed by atoms with van der Waals surface area (Å²) in [5, 5.41) is 16.0. The number of furan rings is 2. The Morgan fingerprint density at radius 3 is 1.29 bits per heavy atom. The zero-order chi connectivity index (χ0) is 46.7. The van der Waals surface area contributed by atoms with E-state index in [-0.39, 0.29) is 28.9 Å². The Kier molecular flexibility index (Phi) is 12.8. The third kappa shape index (κ3) is 8.74. The Balaban J connectivity index is 0.000000194. The zero-order valence-corrected chi connectivity index (χ0v) is 36.3. The minimum atomic E-state index is -1.10. The van der Waals surface area contributed by atoms with Crippen LogP contribution in [0.3, 0.4) is 0 Å². The zero-order valence-electron chi connectivity index (χ0n) is 36.3. The normalized spacial score (nSPS) is 10.8. The van der Waals surface area contributed by atoms with Crippen molar-refractivity contribution in [3.63, 3.8) is 0 Å². The number of esters is 1. The van der Waals surface area contributed by atoms with Crippen LogP contribution in [0.4, 0.5) is 8.78 Å². The molecule has 0 unspecified atom stereocenters. The first-order valence-electron chi connectivity index (χ1n) is 20.0. The highest BCUT2D eigenvalue weighted by atomic mass is 19.1. The van der Waals surface area contributed by atoms with Gasteiger partial charge in [-0.3, -0.25) is 9.59 Å². The number of carboxylic acids is 1. The lowest BCUT2D eigenvalue weighted by Gasteiger charge is -2.13. The molecule has 12 nitrogen and oxygen atoms in total. The molecule has 0 atom stereocenters. The number of fused-ring (bicyclic) bond motifs is 2. The number of carbonyl (C=O) groups is 4. The largest absolute Gasteiger partial charge is 0.496 e. The lowest BCUT2D eigenvalue weighted by atomic mass is 9.95. The lowest BCUT2D eigenvalue weighted by Crippen LogP contribution is -2.18. The van der Waals surface area contributed by atoms with Crippen molar-refractivity contribution >= 4 is 45.7 Å². The molecule has 330 valence electrons. The van der Waals surface area contributed by atoms with Gasteiger partial charge in [-0.15, -0.1) is 0 Å². The van der Waals surface area contributed by atoms with Gasteiger partial charge in [0.1, 0.15) is 56.9 Å². The van der Waals surface area contributed by atoms with Gasteiger partial charge in [0.15, 0.2) is 0 Å². The Hall–Kier alpha value is -8.26.